The van der Waals surface area contributed by atoms with Crippen LogP contribution < -0.4 is 25.8 Å². The van der Waals surface area contributed by atoms with Crippen LogP contribution in [0.1, 0.15) is 73.5 Å². The third kappa shape index (κ3) is 22.1. The van der Waals surface area contributed by atoms with Crippen molar-refractivity contribution in [1.29, 1.82) is 0 Å². The number of thiazole rings is 4. The van der Waals surface area contributed by atoms with Crippen LogP contribution in [0.4, 0.5) is 30.2 Å². The predicted molar refractivity (Wildman–Crippen MR) is 391 cm³/mol. The van der Waals surface area contributed by atoms with Crippen molar-refractivity contribution in [3.8, 4) is 0 Å². The summed E-state index contributed by atoms with van der Waals surface area (Å²) >= 11 is 34.1. The Labute approximate surface area is 637 Å². The van der Waals surface area contributed by atoms with Crippen molar-refractivity contribution < 1.29 is 78.4 Å². The third-order valence-electron chi connectivity index (χ3n) is 11.4. The van der Waals surface area contributed by atoms with E-state index < -0.39 is 126 Å². The van der Waals surface area contributed by atoms with Gasteiger partial charge in [-0.1, -0.05) is 49.7 Å². The molecule has 6 N–H and O–H groups in total. The van der Waals surface area contributed by atoms with Gasteiger partial charge in [-0.2, -0.15) is 42.7 Å². The Balaban J connectivity index is 0.000000248. The Kier molecular flexibility index (Phi) is 24.5. The second-order valence-electron chi connectivity index (χ2n) is 18.2. The number of carbonyl (C=O) groups is 4. The number of anilines is 3. The monoisotopic (exact) mass is 1830 g/mol. The van der Waals surface area contributed by atoms with Gasteiger partial charge in [-0.25, -0.2) is 37.4 Å². The van der Waals surface area contributed by atoms with Gasteiger partial charge in [0.1, 0.15) is 66.4 Å². The van der Waals surface area contributed by atoms with Crippen LogP contribution in [0.15, 0.2) is 137 Å². The molecule has 526 valence electrons. The summed E-state index contributed by atoms with van der Waals surface area (Å²) in [6.45, 7) is -7.02. The average molecular weight is 1840 g/mol. The first-order valence-corrected chi connectivity index (χ1v) is 38.2. The molecule has 0 aliphatic carbocycles. The van der Waals surface area contributed by atoms with E-state index in [1.165, 1.54) is 73.3 Å². The maximum Gasteiger partial charge on any atom is 0.345 e. The van der Waals surface area contributed by atoms with Crippen molar-refractivity contribution in [2.24, 2.45) is 13.2 Å². The molecule has 8 heterocycles. The smallest absolute Gasteiger partial charge is 0.345 e. The van der Waals surface area contributed by atoms with Crippen LogP contribution >= 0.6 is 144 Å². The summed E-state index contributed by atoms with van der Waals surface area (Å²) in [4.78, 5) is 64.4. The van der Waals surface area contributed by atoms with Crippen LogP contribution in [0.2, 0.25) is 15.1 Å². The first-order chi connectivity index (χ1) is 48.4. The van der Waals surface area contributed by atoms with Crippen molar-refractivity contribution in [3.05, 3.63) is 177 Å². The number of ketones is 2. The number of amides is 2. The van der Waals surface area contributed by atoms with Crippen LogP contribution in [0, 0.1) is 17.5 Å². The maximum absolute atomic E-state index is 13.3. The molecule has 0 saturated carbocycles. The SMILES string of the molecule is C.C.CC(=O)C1=NS(=O)(=O)NC(c2ncc(Br)s2)=C1.Nc1ccc(F)c(Cl)c1.[2H]C([2H])([2H])N1C(C(=O)Nc2ccc(F)c(Cl)c2)=CC(c2ncc(Br)s2)=NS1(=O)=O.[2H]C([2H])([2H])N1C(C(=O)Nc2ccc(F)c(Cl)c2)CC(c2ncc(Br)s2)NS1(=O)=O.[2H]C([2H])([2H])N1C(C(C)=O)=CC(c2ncc(Br)s2)=NS1(=O)=O. The molecule has 1 fully saturated rings. The number of nitrogens with one attached hydrogen (secondary N) is 4. The Morgan fingerprint density at radius 3 is 1.50 bits per heavy atom. The number of benzene rings is 3. The van der Waals surface area contributed by atoms with Gasteiger partial charge in [-0.05, 0) is 143 Å². The van der Waals surface area contributed by atoms with Gasteiger partial charge in [-0.3, -0.25) is 28.2 Å². The molecule has 4 aliphatic heterocycles. The summed E-state index contributed by atoms with van der Waals surface area (Å²) in [6.07, 6.45) is 9.17. The van der Waals surface area contributed by atoms with E-state index in [1.54, 1.807) is 6.20 Å². The number of hydrogen-bond acceptors (Lipinski definition) is 21. The predicted octanol–water partition coefficient (Wildman–Crippen LogP) is 11.9. The molecule has 4 aliphatic rings. The minimum absolute atomic E-state index is 0. The highest BCUT2D eigenvalue weighted by Crippen LogP contribution is 2.34. The molecular formula is C53H49Br4Cl3F3N15O12S8. The van der Waals surface area contributed by atoms with Gasteiger partial charge in [-0.15, -0.1) is 58.5 Å². The van der Waals surface area contributed by atoms with Crippen LogP contribution in [0.5, 0.6) is 0 Å². The summed E-state index contributed by atoms with van der Waals surface area (Å²) in [5.41, 5.74) is 4.57. The zero-order valence-corrected chi connectivity index (χ0v) is 62.2. The van der Waals surface area contributed by atoms with E-state index in [0.717, 1.165) is 81.1 Å². The molecule has 0 spiro atoms. The Bertz CT molecular complexity index is 5290. The molecule has 2 unspecified atom stereocenters. The van der Waals surface area contributed by atoms with Gasteiger partial charge in [0.05, 0.1) is 72.4 Å². The average Bonchev–Trinajstić information content (AvgIpc) is 1.61. The molecule has 11 rings (SSSR count). The maximum atomic E-state index is 13.3. The zero-order valence-electron chi connectivity index (χ0n) is 56.1. The molecule has 7 aromatic rings. The number of aromatic nitrogens is 4. The van der Waals surface area contributed by atoms with Gasteiger partial charge in [0, 0.05) is 64.2 Å². The quantitative estimate of drug-likeness (QED) is 0.0794. The lowest BCUT2D eigenvalue weighted by Crippen LogP contribution is -2.55. The number of carbonyl (C=O) groups excluding carboxylic acids is 4. The lowest BCUT2D eigenvalue weighted by molar-refractivity contribution is -0.120. The normalized spacial score (nSPS) is 19.4. The second-order valence-corrected chi connectivity index (χ2v) is 34.9. The van der Waals surface area contributed by atoms with E-state index >= 15 is 0 Å². The molecule has 0 radical (unpaired) electrons. The van der Waals surface area contributed by atoms with E-state index in [9.17, 15) is 66.0 Å². The third-order valence-corrected chi connectivity index (χ3v) is 22.8. The number of nitrogen functional groups attached to an aromatic ring is 1. The van der Waals surface area contributed by atoms with Crippen molar-refractivity contribution in [2.75, 3.05) is 37.3 Å². The van der Waals surface area contributed by atoms with Crippen LogP contribution in [-0.4, -0.2) is 134 Å². The molecule has 2 atom stereocenters. The zero-order chi connectivity index (χ0) is 78.6. The van der Waals surface area contributed by atoms with E-state index in [2.05, 4.69) is 117 Å². The minimum atomic E-state index is -4.78. The number of likely N-dealkylation sites (N-methyl/N-ethyl adjacent to an activating group) is 3. The largest absolute Gasteiger partial charge is 0.399 e. The van der Waals surface area contributed by atoms with Crippen molar-refractivity contribution in [3.63, 3.8) is 0 Å². The summed E-state index contributed by atoms with van der Waals surface area (Å²) in [5, 5.41) is 5.48. The van der Waals surface area contributed by atoms with Crippen LogP contribution in [0.3, 0.4) is 0 Å². The summed E-state index contributed by atoms with van der Waals surface area (Å²) in [5.74, 6) is -4.94. The van der Waals surface area contributed by atoms with E-state index in [4.69, 9.17) is 52.9 Å². The van der Waals surface area contributed by atoms with Crippen LogP contribution in [0.25, 0.3) is 5.70 Å². The number of allylic oxidation sites excluding steroid dienone is 4. The molecule has 27 nitrogen and oxygen atoms in total. The highest BCUT2D eigenvalue weighted by Gasteiger charge is 2.42. The topological polar surface area (TPSA) is 377 Å². The molecule has 3 aromatic carbocycles. The Morgan fingerprint density at radius 2 is 1.07 bits per heavy atom. The van der Waals surface area contributed by atoms with Gasteiger partial charge >= 0.3 is 30.6 Å². The summed E-state index contributed by atoms with van der Waals surface area (Å²) in [6, 6.07) is 8.26. The number of halogens is 10. The fourth-order valence-corrected chi connectivity index (χ4v) is 16.6. The first kappa shape index (κ1) is 69.3. The molecular weight excluding hydrogens is 1780 g/mol. The van der Waals surface area contributed by atoms with Gasteiger partial charge < -0.3 is 16.4 Å². The van der Waals surface area contributed by atoms with Gasteiger partial charge in [0.2, 0.25) is 5.91 Å². The highest BCUT2D eigenvalue weighted by molar-refractivity contribution is 9.11. The second kappa shape index (κ2) is 34.7. The standard InChI is InChI=1S/C14H13BrClFN4O3S2.C14H9BrClFN4O3S2.C9H8BrN3O3S2.C8H6BrN3O3S2.C6H5ClFN.2CH4/c2*1-21-11(13(22)19-7-2-3-9(17)8(16)4-7)5-10(20-26(21,23)24)14-18-6-12(15)25-14;1-5(14)7-3-6(9-11-4-8(10)17-9)12-18(15,16)13(7)2;1-4(13)5-2-6(12-17(14,15)11-5)8-10-3-7(9)16-8;7-5-3-4(9)1-2-6(5)8;;/h2-4,6,10-11,20H,5H2,1H3,(H,19,22);2-6H,1H3,(H,19,22);3-4H,1-2H3;2-3,12H,1H3;1-3H,9H2;2*1H4/i2*1D3;2D3;;;;. The van der Waals surface area contributed by atoms with Crippen LogP contribution in [-0.2, 0) is 60.0 Å². The van der Waals surface area contributed by atoms with E-state index in [1.807, 2.05) is 0 Å². The summed E-state index contributed by atoms with van der Waals surface area (Å²) in [7, 11) is -17.7. The number of nitrogens with two attached hydrogens (primary N) is 1. The van der Waals surface area contributed by atoms with Crippen molar-refractivity contribution in [2.45, 2.75) is 47.2 Å². The minimum Gasteiger partial charge on any atom is -0.399 e. The first-order valence-electron chi connectivity index (χ1n) is 29.5. The van der Waals surface area contributed by atoms with Gasteiger partial charge in [0.25, 0.3) is 16.1 Å². The molecule has 2 amide bonds. The van der Waals surface area contributed by atoms with E-state index in [0.29, 0.717) is 27.1 Å². The number of rotatable bonds is 10. The highest BCUT2D eigenvalue weighted by atomic mass is 79.9. The Morgan fingerprint density at radius 1 is 0.612 bits per heavy atom. The van der Waals surface area contributed by atoms with Crippen molar-refractivity contribution >= 4 is 248 Å². The van der Waals surface area contributed by atoms with Gasteiger partial charge in [0.15, 0.2) is 11.6 Å². The Hall–Kier alpha value is -5.81. The van der Waals surface area contributed by atoms with E-state index in [-0.39, 0.29) is 93.5 Å². The molecule has 0 bridgehead atoms. The molecule has 1 saturated heterocycles. The summed E-state index contributed by atoms with van der Waals surface area (Å²) < 4.78 is 221. The lowest BCUT2D eigenvalue weighted by Gasteiger charge is -2.35. The number of nitrogens with zero attached hydrogens (tertiary/aromatic N) is 10. The molecule has 45 heteroatoms. The fraction of sp³-hybridized carbons (Fsp3) is 0.189. The lowest BCUT2D eigenvalue weighted by atomic mass is 10.1. The molecule has 4 aromatic heterocycles. The number of hydrogen-bond donors (Lipinski definition) is 5. The van der Waals surface area contributed by atoms with Crippen molar-refractivity contribution in [1.82, 2.24) is 42.3 Å². The fourth-order valence-electron chi connectivity index (χ4n) is 7.14. The molecule has 98 heavy (non-hydrogen) atoms. The number of Topliss-reactive ketones (excluding diaryl/α,β-unsaturated/α-hetero) is 2.